The minimum absolute atomic E-state index is 0. The van der Waals surface area contributed by atoms with Crippen molar-refractivity contribution in [2.45, 2.75) is 47.5 Å². The molecule has 6 heteroatoms. The Hall–Kier alpha value is -7.20. The maximum atomic E-state index is 6.69. The molecule has 0 unspecified atom stereocenters. The molecule has 3 heterocycles. The van der Waals surface area contributed by atoms with E-state index in [1.165, 1.54) is 61.3 Å². The number of aryl methyl sites for hydroxylation is 4. The second-order valence-electron chi connectivity index (χ2n) is 17.7. The minimum atomic E-state index is 0. The van der Waals surface area contributed by atoms with Crippen molar-refractivity contribution in [3.63, 3.8) is 0 Å². The molecule has 0 amide bonds. The van der Waals surface area contributed by atoms with Crippen molar-refractivity contribution in [3.8, 4) is 50.7 Å². The van der Waals surface area contributed by atoms with Gasteiger partial charge in [0.2, 0.25) is 0 Å². The number of nitrogens with zero attached hydrogens (tertiary/aromatic N) is 4. The van der Waals surface area contributed by atoms with E-state index in [4.69, 9.17) is 9.72 Å². The molecule has 5 nitrogen and oxygen atoms in total. The van der Waals surface area contributed by atoms with Crippen molar-refractivity contribution in [2.24, 2.45) is 0 Å². The molecule has 67 heavy (non-hydrogen) atoms. The third-order valence-electron chi connectivity index (χ3n) is 13.1. The molecular weight excluding hydrogens is 1000 g/mol. The zero-order chi connectivity index (χ0) is 45.1. The number of anilines is 4. The van der Waals surface area contributed by atoms with Gasteiger partial charge >= 0.3 is 0 Å². The van der Waals surface area contributed by atoms with Crippen molar-refractivity contribution in [1.82, 2.24) is 9.55 Å². The Kier molecular flexibility index (Phi) is 11.7. The quantitative estimate of drug-likeness (QED) is 0.135. The fraction of sp³-hybridized carbons (Fsp3) is 0.115. The molecule has 1 aliphatic heterocycles. The van der Waals surface area contributed by atoms with Crippen LogP contribution >= 0.6 is 0 Å². The standard InChI is InChI=1S/C61H49N4O.Pt/c1-39(2)48-23-7-9-27-53(48)64-38-63(55-29-11-12-30-56(55)64)45-21-15-22-46(36-45)66-47-31-32-50-49-24-8-10-28-54(49)65(57(50)37-47)58-35-44(33-34-62-58)61-51(59-40(3)17-13-18-41(59)4)25-16-26-52(61)60-42(5)19-14-20-43(60)6;/h7-35,38-39H,1-6H3;/q-3;. The first-order valence-corrected chi connectivity index (χ1v) is 22.7. The van der Waals surface area contributed by atoms with E-state index in [0.29, 0.717) is 17.4 Å². The van der Waals surface area contributed by atoms with Crippen LogP contribution in [-0.2, 0) is 21.1 Å². The molecule has 2 aromatic heterocycles. The van der Waals surface area contributed by atoms with Crippen LogP contribution < -0.4 is 14.5 Å². The summed E-state index contributed by atoms with van der Waals surface area (Å²) >= 11 is 0. The fourth-order valence-corrected chi connectivity index (χ4v) is 10.1. The molecule has 0 radical (unpaired) electrons. The number of hydrogen-bond acceptors (Lipinski definition) is 4. The van der Waals surface area contributed by atoms with Crippen LogP contribution in [-0.4, -0.2) is 9.55 Å². The zero-order valence-electron chi connectivity index (χ0n) is 38.4. The van der Waals surface area contributed by atoms with Crippen molar-refractivity contribution >= 4 is 44.6 Å². The molecule has 11 rings (SSSR count). The summed E-state index contributed by atoms with van der Waals surface area (Å²) in [5.41, 5.74) is 19.6. The number of benzene rings is 8. The molecule has 10 aromatic rings. The maximum absolute atomic E-state index is 6.69. The van der Waals surface area contributed by atoms with Crippen molar-refractivity contribution < 1.29 is 25.8 Å². The van der Waals surface area contributed by atoms with Gasteiger partial charge in [-0.1, -0.05) is 122 Å². The van der Waals surface area contributed by atoms with Gasteiger partial charge in [-0.05, 0) is 137 Å². The fourth-order valence-electron chi connectivity index (χ4n) is 10.1. The van der Waals surface area contributed by atoms with Gasteiger partial charge in [-0.3, -0.25) is 0 Å². The Labute approximate surface area is 408 Å². The van der Waals surface area contributed by atoms with Crippen LogP contribution in [0.1, 0.15) is 47.6 Å². The second-order valence-corrected chi connectivity index (χ2v) is 17.7. The molecule has 0 aliphatic carbocycles. The molecular formula is C61H49N4OPt-3. The molecule has 8 aromatic carbocycles. The van der Waals surface area contributed by atoms with Gasteiger partial charge in [0.15, 0.2) is 0 Å². The number of fused-ring (bicyclic) bond motifs is 4. The Morgan fingerprint density at radius 2 is 1.10 bits per heavy atom. The van der Waals surface area contributed by atoms with E-state index in [-0.39, 0.29) is 21.1 Å². The molecule has 0 atom stereocenters. The van der Waals surface area contributed by atoms with Crippen molar-refractivity contribution in [3.05, 3.63) is 223 Å². The summed E-state index contributed by atoms with van der Waals surface area (Å²) in [6.45, 7) is 15.5. The number of ether oxygens (including phenoxy) is 1. The number of para-hydroxylation sites is 4. The van der Waals surface area contributed by atoms with Crippen LogP contribution in [0.25, 0.3) is 61.0 Å². The van der Waals surface area contributed by atoms with E-state index in [2.05, 4.69) is 226 Å². The van der Waals surface area contributed by atoms with Gasteiger partial charge in [0, 0.05) is 61.3 Å². The van der Waals surface area contributed by atoms with Crippen LogP contribution in [0.4, 0.5) is 22.7 Å². The van der Waals surface area contributed by atoms with E-state index in [1.807, 2.05) is 24.4 Å². The van der Waals surface area contributed by atoms with Crippen molar-refractivity contribution in [2.75, 3.05) is 9.80 Å². The number of aromatic nitrogens is 2. The average Bonchev–Trinajstić information content (AvgIpc) is 3.88. The largest absolute Gasteiger partial charge is 0.509 e. The minimum Gasteiger partial charge on any atom is -0.509 e. The summed E-state index contributed by atoms with van der Waals surface area (Å²) in [5.74, 6) is 2.36. The average molecular weight is 1050 g/mol. The topological polar surface area (TPSA) is 33.5 Å². The Morgan fingerprint density at radius 1 is 0.522 bits per heavy atom. The van der Waals surface area contributed by atoms with Crippen LogP contribution in [0.15, 0.2) is 176 Å². The Morgan fingerprint density at radius 3 is 1.79 bits per heavy atom. The van der Waals surface area contributed by atoms with E-state index in [0.717, 1.165) is 50.2 Å². The number of rotatable bonds is 9. The normalized spacial score (nSPS) is 12.2. The first-order valence-electron chi connectivity index (χ1n) is 22.7. The predicted molar refractivity (Wildman–Crippen MR) is 274 cm³/mol. The van der Waals surface area contributed by atoms with Gasteiger partial charge in [-0.25, -0.2) is 4.98 Å². The third-order valence-corrected chi connectivity index (χ3v) is 13.1. The van der Waals surface area contributed by atoms with Gasteiger partial charge in [0.05, 0.1) is 0 Å². The van der Waals surface area contributed by atoms with Crippen LogP contribution in [0.3, 0.4) is 0 Å². The summed E-state index contributed by atoms with van der Waals surface area (Å²) in [6, 6.07) is 67.4. The number of hydrogen-bond donors (Lipinski definition) is 0. The van der Waals surface area contributed by atoms with E-state index in [9.17, 15) is 0 Å². The first-order chi connectivity index (χ1) is 32.2. The molecule has 0 fully saturated rings. The SMILES string of the molecule is Cc1cccc(C)c1-c1cccc(-c2c(C)cccc2C)c1-c1ccnc(-n2c3[c-]c(Oc4[c-]c(N5[CH-]N(c6ccccc6C(C)C)c6ccccc65)ccc4)ccc3c3ccccc32)c1.[Pt]. The molecule has 0 saturated carbocycles. The van der Waals surface area contributed by atoms with E-state index in [1.54, 1.807) is 0 Å². The molecule has 0 N–H and O–H groups in total. The van der Waals surface area contributed by atoms with Gasteiger partial charge in [0.25, 0.3) is 0 Å². The van der Waals surface area contributed by atoms with Gasteiger partial charge in [-0.2, -0.15) is 12.1 Å². The van der Waals surface area contributed by atoms with Crippen molar-refractivity contribution in [1.29, 1.82) is 0 Å². The summed E-state index contributed by atoms with van der Waals surface area (Å²) in [7, 11) is 0. The van der Waals surface area contributed by atoms with Gasteiger partial charge < -0.3 is 19.1 Å². The van der Waals surface area contributed by atoms with Gasteiger partial charge in [0.1, 0.15) is 5.82 Å². The molecule has 0 bridgehead atoms. The van der Waals surface area contributed by atoms with E-state index < -0.39 is 0 Å². The molecule has 332 valence electrons. The smallest absolute Gasteiger partial charge is 0.136 e. The summed E-state index contributed by atoms with van der Waals surface area (Å²) in [4.78, 5) is 9.56. The first kappa shape index (κ1) is 43.7. The van der Waals surface area contributed by atoms with Gasteiger partial charge in [-0.15, -0.1) is 48.1 Å². The Bertz CT molecular complexity index is 3390. The Balaban J connectivity index is 0.00000525. The van der Waals surface area contributed by atoms with Crippen LogP contribution in [0.2, 0.25) is 0 Å². The molecule has 0 saturated heterocycles. The molecule has 1 aliphatic rings. The third kappa shape index (κ3) is 7.72. The van der Waals surface area contributed by atoms with Crippen LogP contribution in [0.5, 0.6) is 11.5 Å². The molecule has 0 spiro atoms. The number of pyridine rings is 1. The monoisotopic (exact) mass is 1050 g/mol. The van der Waals surface area contributed by atoms with E-state index >= 15 is 0 Å². The maximum Gasteiger partial charge on any atom is 0.136 e. The summed E-state index contributed by atoms with van der Waals surface area (Å²) in [5, 5.41) is 2.19. The predicted octanol–water partition coefficient (Wildman–Crippen LogP) is 16.3. The van der Waals surface area contributed by atoms with Crippen LogP contribution in [0, 0.1) is 46.5 Å². The summed E-state index contributed by atoms with van der Waals surface area (Å²) in [6.07, 6.45) is 1.94. The second kappa shape index (κ2) is 17.9. The summed E-state index contributed by atoms with van der Waals surface area (Å²) < 4.78 is 8.92. The zero-order valence-corrected chi connectivity index (χ0v) is 40.7.